The van der Waals surface area contributed by atoms with Gasteiger partial charge in [0.2, 0.25) is 5.91 Å². The molecule has 1 aromatic carbocycles. The highest BCUT2D eigenvalue weighted by atomic mass is 35.5. The smallest absolute Gasteiger partial charge is 0.238 e. The molecule has 3 aromatic rings. The minimum atomic E-state index is -0.0243. The average Bonchev–Trinajstić information content (AvgIpc) is 3.14. The van der Waals surface area contributed by atoms with Crippen molar-refractivity contribution in [1.82, 2.24) is 14.9 Å². The lowest BCUT2D eigenvalue weighted by molar-refractivity contribution is -0.117. The molecule has 3 heterocycles. The van der Waals surface area contributed by atoms with Crippen LogP contribution < -0.4 is 5.32 Å². The third kappa shape index (κ3) is 3.89. The van der Waals surface area contributed by atoms with E-state index in [1.54, 1.807) is 6.07 Å². The van der Waals surface area contributed by atoms with Crippen LogP contribution >= 0.6 is 11.6 Å². The van der Waals surface area contributed by atoms with E-state index < -0.39 is 0 Å². The van der Waals surface area contributed by atoms with Gasteiger partial charge < -0.3 is 10.3 Å². The first-order valence-electron chi connectivity index (χ1n) is 9.00. The van der Waals surface area contributed by atoms with E-state index in [9.17, 15) is 4.79 Å². The highest BCUT2D eigenvalue weighted by Crippen LogP contribution is 2.28. The number of anilines is 1. The molecule has 0 aliphatic carbocycles. The van der Waals surface area contributed by atoms with Gasteiger partial charge in [-0.25, -0.2) is 4.98 Å². The van der Waals surface area contributed by atoms with Crippen molar-refractivity contribution in [2.75, 3.05) is 25.0 Å². The number of carbonyl (C=O) groups is 1. The number of fused-ring (bicyclic) bond motifs is 1. The number of rotatable bonds is 4. The second-order valence-electron chi connectivity index (χ2n) is 6.83. The van der Waals surface area contributed by atoms with Crippen molar-refractivity contribution in [2.45, 2.75) is 13.3 Å². The largest absolute Gasteiger partial charge is 0.346 e. The first-order chi connectivity index (χ1) is 13.1. The molecule has 0 saturated heterocycles. The van der Waals surface area contributed by atoms with Crippen LogP contribution in [0.15, 0.2) is 48.8 Å². The van der Waals surface area contributed by atoms with Crippen LogP contribution in [-0.4, -0.2) is 40.4 Å². The Kier molecular flexibility index (Phi) is 4.97. The molecule has 0 bridgehead atoms. The van der Waals surface area contributed by atoms with Gasteiger partial charge in [0.05, 0.1) is 6.54 Å². The van der Waals surface area contributed by atoms with E-state index in [2.05, 4.69) is 38.4 Å². The van der Waals surface area contributed by atoms with Gasteiger partial charge in [0.15, 0.2) is 0 Å². The molecule has 5 nitrogen and oxygen atoms in total. The predicted octanol–water partition coefficient (Wildman–Crippen LogP) is 4.25. The minimum absolute atomic E-state index is 0.0243. The van der Waals surface area contributed by atoms with Crippen LogP contribution in [0.4, 0.5) is 5.69 Å². The van der Waals surface area contributed by atoms with E-state index in [1.807, 2.05) is 31.5 Å². The van der Waals surface area contributed by atoms with Gasteiger partial charge in [0.25, 0.3) is 0 Å². The maximum atomic E-state index is 12.3. The zero-order chi connectivity index (χ0) is 18.8. The van der Waals surface area contributed by atoms with E-state index >= 15 is 0 Å². The van der Waals surface area contributed by atoms with Gasteiger partial charge in [-0.1, -0.05) is 23.7 Å². The average molecular weight is 381 g/mol. The lowest BCUT2D eigenvalue weighted by Crippen LogP contribution is -2.36. The summed E-state index contributed by atoms with van der Waals surface area (Å²) in [6.07, 6.45) is 6.87. The van der Waals surface area contributed by atoms with Gasteiger partial charge in [-0.05, 0) is 54.3 Å². The summed E-state index contributed by atoms with van der Waals surface area (Å²) in [7, 11) is 0. The fourth-order valence-electron chi connectivity index (χ4n) is 3.41. The number of carbonyl (C=O) groups excluding carboxylic acids is 1. The zero-order valence-electron chi connectivity index (χ0n) is 15.1. The van der Waals surface area contributed by atoms with Crippen molar-refractivity contribution >= 4 is 39.8 Å². The summed E-state index contributed by atoms with van der Waals surface area (Å²) in [5.41, 5.74) is 5.17. The van der Waals surface area contributed by atoms with Crippen molar-refractivity contribution in [2.24, 2.45) is 0 Å². The number of H-pyrrole nitrogens is 1. The van der Waals surface area contributed by atoms with Gasteiger partial charge >= 0.3 is 0 Å². The van der Waals surface area contributed by atoms with Gasteiger partial charge in [-0.15, -0.1) is 0 Å². The number of hydrogen-bond donors (Lipinski definition) is 2. The van der Waals surface area contributed by atoms with Crippen LogP contribution in [0.1, 0.15) is 17.5 Å². The molecule has 4 rings (SSSR count). The third-order valence-corrected chi connectivity index (χ3v) is 5.33. The number of aryl methyl sites for hydroxylation is 1. The second-order valence-corrected chi connectivity index (χ2v) is 7.23. The fourth-order valence-corrected chi connectivity index (χ4v) is 3.60. The van der Waals surface area contributed by atoms with Gasteiger partial charge in [0, 0.05) is 41.6 Å². The second kappa shape index (κ2) is 7.55. The maximum Gasteiger partial charge on any atom is 0.238 e. The molecule has 1 aliphatic rings. The zero-order valence-corrected chi connectivity index (χ0v) is 15.9. The molecular formula is C21H21ClN4O. The molecule has 2 aromatic heterocycles. The number of benzene rings is 1. The maximum absolute atomic E-state index is 12.3. The highest BCUT2D eigenvalue weighted by Gasteiger charge is 2.17. The van der Waals surface area contributed by atoms with Gasteiger partial charge in [-0.3, -0.25) is 9.69 Å². The van der Waals surface area contributed by atoms with Gasteiger partial charge in [-0.2, -0.15) is 0 Å². The normalized spacial score (nSPS) is 15.0. The number of amides is 1. The summed E-state index contributed by atoms with van der Waals surface area (Å²) in [5, 5.41) is 4.73. The molecule has 0 saturated carbocycles. The lowest BCUT2D eigenvalue weighted by atomic mass is 9.98. The van der Waals surface area contributed by atoms with Crippen molar-refractivity contribution in [1.29, 1.82) is 0 Å². The Balaban J connectivity index is 1.39. The topological polar surface area (TPSA) is 61.0 Å². The van der Waals surface area contributed by atoms with Crippen LogP contribution in [0.25, 0.3) is 16.6 Å². The number of aromatic nitrogens is 2. The summed E-state index contributed by atoms with van der Waals surface area (Å²) in [4.78, 5) is 22.0. The van der Waals surface area contributed by atoms with E-state index in [1.165, 1.54) is 11.1 Å². The van der Waals surface area contributed by atoms with Crippen LogP contribution in [0, 0.1) is 6.92 Å². The van der Waals surface area contributed by atoms with Crippen molar-refractivity contribution < 1.29 is 4.79 Å². The monoisotopic (exact) mass is 380 g/mol. The van der Waals surface area contributed by atoms with E-state index in [-0.39, 0.29) is 5.91 Å². The Hall–Kier alpha value is -2.63. The quantitative estimate of drug-likeness (QED) is 0.711. The molecule has 138 valence electrons. The number of nitrogens with zero attached hydrogens (tertiary/aromatic N) is 2. The van der Waals surface area contributed by atoms with Crippen LogP contribution in [0.2, 0.25) is 5.02 Å². The summed E-state index contributed by atoms with van der Waals surface area (Å²) in [6, 6.07) is 9.69. The molecule has 0 atom stereocenters. The molecule has 27 heavy (non-hydrogen) atoms. The van der Waals surface area contributed by atoms with E-state index in [4.69, 9.17) is 11.6 Å². The predicted molar refractivity (Wildman–Crippen MR) is 110 cm³/mol. The summed E-state index contributed by atoms with van der Waals surface area (Å²) in [6.45, 7) is 3.91. The van der Waals surface area contributed by atoms with Crippen LogP contribution in [-0.2, 0) is 4.79 Å². The number of pyridine rings is 1. The van der Waals surface area contributed by atoms with Crippen molar-refractivity contribution in [3.8, 4) is 0 Å². The van der Waals surface area contributed by atoms with Gasteiger partial charge in [0.1, 0.15) is 5.65 Å². The Morgan fingerprint density at radius 3 is 3.00 bits per heavy atom. The first-order valence-corrected chi connectivity index (χ1v) is 9.38. The standard InChI is InChI=1S/C21H21ClN4O/c1-14-2-3-16(12-19(14)22)25-20(27)13-26-10-6-15(7-11-26)17-4-8-23-21-18(17)5-9-24-21/h2-6,8-9,12H,7,10-11,13H2,1H3,(H,23,24)(H,25,27). The SMILES string of the molecule is Cc1ccc(NC(=O)CN2CC=C(c3ccnc4[nH]ccc34)CC2)cc1Cl. The molecule has 0 spiro atoms. The Morgan fingerprint density at radius 2 is 2.22 bits per heavy atom. The Bertz CT molecular complexity index is 1020. The van der Waals surface area contributed by atoms with E-state index in [0.29, 0.717) is 11.6 Å². The molecule has 0 radical (unpaired) electrons. The fraction of sp³-hybridized carbons (Fsp3) is 0.238. The number of halogens is 1. The lowest BCUT2D eigenvalue weighted by Gasteiger charge is -2.26. The summed E-state index contributed by atoms with van der Waals surface area (Å²) >= 11 is 6.12. The first kappa shape index (κ1) is 17.8. The highest BCUT2D eigenvalue weighted by molar-refractivity contribution is 6.31. The van der Waals surface area contributed by atoms with Crippen LogP contribution in [0.3, 0.4) is 0 Å². The van der Waals surface area contributed by atoms with E-state index in [0.717, 1.165) is 41.8 Å². The molecule has 2 N–H and O–H groups in total. The Labute approximate surface area is 163 Å². The third-order valence-electron chi connectivity index (χ3n) is 4.92. The Morgan fingerprint density at radius 1 is 1.33 bits per heavy atom. The number of nitrogens with one attached hydrogen (secondary N) is 2. The number of aromatic amines is 1. The molecule has 6 heteroatoms. The van der Waals surface area contributed by atoms with Crippen molar-refractivity contribution in [3.05, 3.63) is 65.0 Å². The summed E-state index contributed by atoms with van der Waals surface area (Å²) in [5.74, 6) is -0.0243. The van der Waals surface area contributed by atoms with Crippen LogP contribution in [0.5, 0.6) is 0 Å². The van der Waals surface area contributed by atoms with Crippen molar-refractivity contribution in [3.63, 3.8) is 0 Å². The molecule has 1 amide bonds. The molecular weight excluding hydrogens is 360 g/mol. The molecule has 1 aliphatic heterocycles. The number of hydrogen-bond acceptors (Lipinski definition) is 3. The molecule has 0 unspecified atom stereocenters. The minimum Gasteiger partial charge on any atom is -0.346 e. The molecule has 0 fully saturated rings. The summed E-state index contributed by atoms with van der Waals surface area (Å²) < 4.78 is 0.